The lowest BCUT2D eigenvalue weighted by molar-refractivity contribution is -0.462. The summed E-state index contributed by atoms with van der Waals surface area (Å²) < 4.78 is 47.5. The van der Waals surface area contributed by atoms with Crippen molar-refractivity contribution in [1.82, 2.24) is 0 Å². The van der Waals surface area contributed by atoms with Gasteiger partial charge in [0.05, 0.1) is 0 Å². The zero-order chi connectivity index (χ0) is 26.1. The number of nitrogens with zero attached hydrogens (tertiary/aromatic N) is 1. The lowest BCUT2D eigenvalue weighted by Gasteiger charge is -2.19. The van der Waals surface area contributed by atoms with Gasteiger partial charge in [0, 0.05) is 17.7 Å². The molecule has 1 aliphatic carbocycles. The highest BCUT2D eigenvalue weighted by atomic mass is 19.5. The van der Waals surface area contributed by atoms with Crippen LogP contribution in [0.5, 0.6) is 0 Å². The first-order valence-electron chi connectivity index (χ1n) is 11.6. The van der Waals surface area contributed by atoms with E-state index in [1.54, 1.807) is 0 Å². The third-order valence-corrected chi connectivity index (χ3v) is 5.43. The van der Waals surface area contributed by atoms with Gasteiger partial charge in [-0.25, -0.2) is 4.58 Å². The molecular weight excluding hydrogens is 465 g/mol. The van der Waals surface area contributed by atoms with Crippen molar-refractivity contribution < 1.29 is 26.6 Å². The highest BCUT2D eigenvalue weighted by molar-refractivity contribution is 6.50. The first-order chi connectivity index (χ1) is 17.1. The van der Waals surface area contributed by atoms with E-state index in [0.29, 0.717) is 0 Å². The van der Waals surface area contributed by atoms with Crippen molar-refractivity contribution in [1.29, 1.82) is 0 Å². The zero-order valence-corrected chi connectivity index (χ0v) is 20.5. The maximum absolute atomic E-state index is 9.75. The number of hydrogen-bond acceptors (Lipinski definition) is 1. The van der Waals surface area contributed by atoms with Crippen LogP contribution >= 0.6 is 0 Å². The summed E-state index contributed by atoms with van der Waals surface area (Å²) in [5, 5.41) is 0. The third-order valence-electron chi connectivity index (χ3n) is 5.43. The highest BCUT2D eigenvalue weighted by Gasteiger charge is 2.20. The zero-order valence-electron chi connectivity index (χ0n) is 20.5. The Labute approximate surface area is 209 Å². The van der Waals surface area contributed by atoms with Crippen LogP contribution in [0.3, 0.4) is 0 Å². The molecule has 0 unspecified atom stereocenters. The van der Waals surface area contributed by atoms with E-state index in [9.17, 15) is 17.3 Å². The molecule has 2 aliphatic rings. The number of rotatable bonds is 4. The van der Waals surface area contributed by atoms with Gasteiger partial charge in [-0.2, -0.15) is 0 Å². The van der Waals surface area contributed by atoms with Crippen LogP contribution in [-0.2, 0) is 4.74 Å². The Morgan fingerprint density at radius 3 is 1.83 bits per heavy atom. The molecule has 0 N–H and O–H groups in total. The fourth-order valence-electron chi connectivity index (χ4n) is 3.67. The van der Waals surface area contributed by atoms with Crippen LogP contribution in [0.1, 0.15) is 24.5 Å². The summed E-state index contributed by atoms with van der Waals surface area (Å²) in [6.45, 7) is 2.19. The summed E-state index contributed by atoms with van der Waals surface area (Å²) in [7, 11) is -1.88. The molecule has 0 amide bonds. The Bertz CT molecular complexity index is 1250. The molecule has 186 valence electrons. The number of hydrogen-bond donors (Lipinski definition) is 0. The molecule has 0 saturated heterocycles. The van der Waals surface area contributed by atoms with Gasteiger partial charge in [-0.05, 0) is 59.1 Å². The van der Waals surface area contributed by atoms with Crippen molar-refractivity contribution in [2.75, 3.05) is 14.1 Å². The van der Waals surface area contributed by atoms with Crippen molar-refractivity contribution in [2.45, 2.75) is 13.3 Å². The van der Waals surface area contributed by atoms with Gasteiger partial charge >= 0.3 is 7.25 Å². The Morgan fingerprint density at radius 2 is 1.33 bits per heavy atom. The molecule has 0 aromatic heterocycles. The van der Waals surface area contributed by atoms with Gasteiger partial charge in [-0.15, -0.1) is 0 Å². The van der Waals surface area contributed by atoms with E-state index in [1.165, 1.54) is 22.4 Å². The fraction of sp³-hybridized carbons (Fsp3) is 0.138. The van der Waals surface area contributed by atoms with Crippen LogP contribution in [-0.4, -0.2) is 31.6 Å². The summed E-state index contributed by atoms with van der Waals surface area (Å²) in [6.07, 6.45) is 16.0. The second-order valence-corrected chi connectivity index (χ2v) is 8.30. The number of halogens is 4. The normalized spacial score (nSPS) is 16.0. The monoisotopic (exact) mass is 493 g/mol. The van der Waals surface area contributed by atoms with Gasteiger partial charge in [0.25, 0.3) is 0 Å². The minimum absolute atomic E-state index is 0.855. The Kier molecular flexibility index (Phi) is 9.06. The molecule has 0 fully saturated rings. The van der Waals surface area contributed by atoms with Crippen molar-refractivity contribution in [3.8, 4) is 0 Å². The number of allylic oxidation sites excluding steroid dienone is 10. The van der Waals surface area contributed by atoms with Crippen molar-refractivity contribution in [2.24, 2.45) is 0 Å². The predicted octanol–water partition coefficient (Wildman–Crippen LogP) is 7.87. The molecule has 4 rings (SSSR count). The summed E-state index contributed by atoms with van der Waals surface area (Å²) in [6, 6.07) is 20.7. The smallest absolute Gasteiger partial charge is 0.457 e. The van der Waals surface area contributed by atoms with Gasteiger partial charge in [0.2, 0.25) is 0 Å². The second-order valence-electron chi connectivity index (χ2n) is 8.30. The molecular formula is C29H28BF4NO. The van der Waals surface area contributed by atoms with Crippen LogP contribution in [0, 0.1) is 0 Å². The van der Waals surface area contributed by atoms with Crippen LogP contribution in [0.25, 0.3) is 11.3 Å². The summed E-state index contributed by atoms with van der Waals surface area (Å²) >= 11 is 0. The lowest BCUT2D eigenvalue weighted by atomic mass is 9.97. The quantitative estimate of drug-likeness (QED) is 0.240. The van der Waals surface area contributed by atoms with E-state index in [-0.39, 0.29) is 0 Å². The van der Waals surface area contributed by atoms with Crippen LogP contribution in [0.2, 0.25) is 0 Å². The molecule has 36 heavy (non-hydrogen) atoms. The van der Waals surface area contributed by atoms with Crippen molar-refractivity contribution >= 4 is 24.3 Å². The first-order valence-corrected chi connectivity index (χ1v) is 11.6. The molecule has 1 aliphatic heterocycles. The lowest BCUT2D eigenvalue weighted by Crippen LogP contribution is -2.10. The minimum Gasteiger partial charge on any atom is -0.457 e. The third kappa shape index (κ3) is 8.12. The Balaban J connectivity index is 0.000000658. The van der Waals surface area contributed by atoms with E-state index < -0.39 is 7.25 Å². The topological polar surface area (TPSA) is 12.2 Å². The fourth-order valence-corrected chi connectivity index (χ4v) is 3.67. The summed E-state index contributed by atoms with van der Waals surface area (Å²) in [5.41, 5.74) is 7.06. The van der Waals surface area contributed by atoms with Gasteiger partial charge in [0.1, 0.15) is 25.6 Å². The molecule has 0 saturated carbocycles. The molecule has 0 radical (unpaired) electrons. The SMILES string of the molecule is CCC(C=C1C=C(c2ccccc2)C=C(c2ccccc2)O1)=C1C=CC(=[N+](C)C)C=C1.F[B-](F)(F)F. The van der Waals surface area contributed by atoms with Crippen LogP contribution < -0.4 is 0 Å². The predicted molar refractivity (Wildman–Crippen MR) is 141 cm³/mol. The summed E-state index contributed by atoms with van der Waals surface area (Å²) in [4.78, 5) is 0. The molecule has 7 heteroatoms. The van der Waals surface area contributed by atoms with Crippen molar-refractivity contribution in [3.63, 3.8) is 0 Å². The Hall–Kier alpha value is -3.87. The van der Waals surface area contributed by atoms with Gasteiger partial charge in [-0.3, -0.25) is 0 Å². The van der Waals surface area contributed by atoms with Crippen LogP contribution in [0.15, 0.2) is 120 Å². The van der Waals surface area contributed by atoms with E-state index >= 15 is 0 Å². The molecule has 2 nitrogen and oxygen atoms in total. The maximum atomic E-state index is 9.75. The van der Waals surface area contributed by atoms with Gasteiger partial charge < -0.3 is 22.0 Å². The average Bonchev–Trinajstić information content (AvgIpc) is 2.87. The second kappa shape index (κ2) is 12.2. The molecule has 0 spiro atoms. The van der Waals surface area contributed by atoms with E-state index in [1.807, 2.05) is 24.3 Å². The standard InChI is InChI=1S/C29H28NO.BF4/c1-4-22(24-15-17-27(18-16-24)30(2)3)19-28-20-26(23-11-7-5-8-12-23)21-29(31-28)25-13-9-6-10-14-25;2-1(3,4)5/h5-21H,4H2,1-3H3;/q+1;-1. The van der Waals surface area contributed by atoms with Crippen LogP contribution in [0.4, 0.5) is 17.3 Å². The number of benzene rings is 2. The largest absolute Gasteiger partial charge is 0.673 e. The molecule has 0 atom stereocenters. The highest BCUT2D eigenvalue weighted by Crippen LogP contribution is 2.33. The van der Waals surface area contributed by atoms with E-state index in [2.05, 4.69) is 105 Å². The maximum Gasteiger partial charge on any atom is 0.673 e. The molecule has 0 bridgehead atoms. The van der Waals surface area contributed by atoms with Gasteiger partial charge in [-0.1, -0.05) is 67.6 Å². The molecule has 1 heterocycles. The van der Waals surface area contributed by atoms with Gasteiger partial charge in [0.15, 0.2) is 5.71 Å². The number of ether oxygens (including phenoxy) is 1. The first kappa shape index (κ1) is 26.7. The Morgan fingerprint density at radius 1 is 0.806 bits per heavy atom. The average molecular weight is 493 g/mol. The summed E-state index contributed by atoms with van der Waals surface area (Å²) in [5.74, 6) is 1.72. The minimum atomic E-state index is -6.00. The van der Waals surface area contributed by atoms with E-state index in [4.69, 9.17) is 4.74 Å². The molecule has 2 aromatic carbocycles. The molecule has 2 aromatic rings. The van der Waals surface area contributed by atoms with Crippen molar-refractivity contribution in [3.05, 3.63) is 131 Å². The van der Waals surface area contributed by atoms with E-state index in [0.717, 1.165) is 29.1 Å².